The van der Waals surface area contributed by atoms with Crippen LogP contribution >= 0.6 is 24.0 Å². The molecule has 0 radical (unpaired) electrons. The fourth-order valence-electron chi connectivity index (χ4n) is 3.82. The van der Waals surface area contributed by atoms with Crippen LogP contribution in [0.25, 0.3) is 0 Å². The van der Waals surface area contributed by atoms with Gasteiger partial charge in [-0.15, -0.1) is 24.0 Å². The van der Waals surface area contributed by atoms with Gasteiger partial charge < -0.3 is 20.3 Å². The summed E-state index contributed by atoms with van der Waals surface area (Å²) in [4.78, 5) is 7.11. The number of likely N-dealkylation sites (N-methyl/N-ethyl adjacent to an activating group) is 1. The number of hydrogen-bond donors (Lipinski definition) is 2. The number of hydrogen-bond acceptors (Lipinski definition) is 3. The average molecular weight is 472 g/mol. The molecule has 1 aromatic carbocycles. The Labute approximate surface area is 175 Å². The van der Waals surface area contributed by atoms with Gasteiger partial charge in [-0.2, -0.15) is 0 Å². The molecular formula is C20H33IN4O. The second kappa shape index (κ2) is 9.90. The Morgan fingerprint density at radius 3 is 2.54 bits per heavy atom. The highest BCUT2D eigenvalue weighted by Gasteiger charge is 2.41. The van der Waals surface area contributed by atoms with Gasteiger partial charge in [-0.05, 0) is 52.8 Å². The molecule has 26 heavy (non-hydrogen) atoms. The van der Waals surface area contributed by atoms with E-state index in [1.807, 2.05) is 0 Å². The number of aryl methyl sites for hydroxylation is 1. The lowest BCUT2D eigenvalue weighted by molar-refractivity contribution is 0.0992. The molecule has 146 valence electrons. The predicted octanol–water partition coefficient (Wildman–Crippen LogP) is 3.09. The van der Waals surface area contributed by atoms with Crippen molar-refractivity contribution in [2.45, 2.75) is 57.4 Å². The number of aliphatic imine (C=N–C) groups is 1. The van der Waals surface area contributed by atoms with Gasteiger partial charge in [0.25, 0.3) is 0 Å². The van der Waals surface area contributed by atoms with Crippen molar-refractivity contribution in [3.63, 3.8) is 0 Å². The summed E-state index contributed by atoms with van der Waals surface area (Å²) in [6, 6.07) is 9.43. The van der Waals surface area contributed by atoms with Crippen molar-refractivity contribution in [3.05, 3.63) is 35.4 Å². The van der Waals surface area contributed by atoms with Crippen LogP contribution in [0.5, 0.6) is 0 Å². The lowest BCUT2D eigenvalue weighted by Gasteiger charge is -2.25. The molecule has 2 N–H and O–H groups in total. The van der Waals surface area contributed by atoms with Crippen molar-refractivity contribution in [2.24, 2.45) is 4.99 Å². The zero-order chi connectivity index (χ0) is 17.8. The van der Waals surface area contributed by atoms with Gasteiger partial charge in [0.15, 0.2) is 5.96 Å². The first-order valence-electron chi connectivity index (χ1n) is 9.50. The fraction of sp³-hybridized carbons (Fsp3) is 0.650. The highest BCUT2D eigenvalue weighted by molar-refractivity contribution is 14.0. The molecule has 0 saturated carbocycles. The Morgan fingerprint density at radius 2 is 2.00 bits per heavy atom. The first kappa shape index (κ1) is 21.4. The molecule has 0 amide bonds. The van der Waals surface area contributed by atoms with E-state index in [9.17, 15) is 0 Å². The van der Waals surface area contributed by atoms with Gasteiger partial charge >= 0.3 is 0 Å². The summed E-state index contributed by atoms with van der Waals surface area (Å²) in [6.07, 6.45) is 4.30. The van der Waals surface area contributed by atoms with Gasteiger partial charge in [0, 0.05) is 6.54 Å². The standard InChI is InChI=1S/C20H32N4O.HI/c1-5-21-20(23-17-12-16-10-11-19(17)25-16)22-13-18(24(3)4)15-8-6-14(2)7-9-15;/h6-9,16-19H,5,10-13H2,1-4H3,(H2,21,22,23);1H. The second-order valence-electron chi connectivity index (χ2n) is 7.47. The third-order valence-corrected chi connectivity index (χ3v) is 5.28. The van der Waals surface area contributed by atoms with E-state index in [1.165, 1.54) is 24.0 Å². The average Bonchev–Trinajstić information content (AvgIpc) is 3.19. The van der Waals surface area contributed by atoms with Gasteiger partial charge in [-0.3, -0.25) is 4.99 Å². The van der Waals surface area contributed by atoms with Crippen molar-refractivity contribution in [1.82, 2.24) is 15.5 Å². The van der Waals surface area contributed by atoms with Crippen LogP contribution in [0, 0.1) is 6.92 Å². The molecule has 3 rings (SSSR count). The lowest BCUT2D eigenvalue weighted by Crippen LogP contribution is -2.47. The first-order chi connectivity index (χ1) is 12.1. The normalized spacial score (nSPS) is 25.9. The third-order valence-electron chi connectivity index (χ3n) is 5.28. The quantitative estimate of drug-likeness (QED) is 0.380. The summed E-state index contributed by atoms with van der Waals surface area (Å²) >= 11 is 0. The largest absolute Gasteiger partial charge is 0.373 e. The number of nitrogens with zero attached hydrogens (tertiary/aromatic N) is 2. The molecule has 2 fully saturated rings. The van der Waals surface area contributed by atoms with Gasteiger partial charge in [-0.25, -0.2) is 0 Å². The van der Waals surface area contributed by atoms with E-state index in [1.54, 1.807) is 0 Å². The van der Waals surface area contributed by atoms with Crippen molar-refractivity contribution in [3.8, 4) is 0 Å². The molecule has 2 aliphatic heterocycles. The second-order valence-corrected chi connectivity index (χ2v) is 7.47. The highest BCUT2D eigenvalue weighted by atomic mass is 127. The zero-order valence-corrected chi connectivity index (χ0v) is 18.7. The smallest absolute Gasteiger partial charge is 0.191 e. The molecule has 0 spiro atoms. The van der Waals surface area contributed by atoms with Crippen molar-refractivity contribution in [2.75, 3.05) is 27.2 Å². The maximum atomic E-state index is 5.95. The summed E-state index contributed by atoms with van der Waals surface area (Å²) in [5, 5.41) is 6.99. The molecule has 4 unspecified atom stereocenters. The Kier molecular flexibility index (Phi) is 8.16. The number of guanidine groups is 1. The van der Waals surface area contributed by atoms with Crippen molar-refractivity contribution >= 4 is 29.9 Å². The number of fused-ring (bicyclic) bond motifs is 2. The lowest BCUT2D eigenvalue weighted by atomic mass is 9.96. The van der Waals surface area contributed by atoms with Gasteiger partial charge in [0.2, 0.25) is 0 Å². The van der Waals surface area contributed by atoms with Gasteiger partial charge in [-0.1, -0.05) is 29.8 Å². The number of halogens is 1. The van der Waals surface area contributed by atoms with E-state index in [-0.39, 0.29) is 30.0 Å². The Hall–Kier alpha value is -0.860. The molecule has 1 aromatic rings. The van der Waals surface area contributed by atoms with Crippen molar-refractivity contribution in [1.29, 1.82) is 0 Å². The Bertz CT molecular complexity index is 590. The fourth-order valence-corrected chi connectivity index (χ4v) is 3.82. The van der Waals surface area contributed by atoms with Crippen LogP contribution in [0.1, 0.15) is 43.4 Å². The van der Waals surface area contributed by atoms with Gasteiger partial charge in [0.1, 0.15) is 0 Å². The first-order valence-corrected chi connectivity index (χ1v) is 9.50. The summed E-state index contributed by atoms with van der Waals surface area (Å²) in [6.45, 7) is 5.83. The summed E-state index contributed by atoms with van der Waals surface area (Å²) in [5.74, 6) is 0.905. The molecule has 4 atom stereocenters. The Morgan fingerprint density at radius 1 is 1.27 bits per heavy atom. The van der Waals surface area contributed by atoms with Crippen LogP contribution in [-0.2, 0) is 4.74 Å². The summed E-state index contributed by atoms with van der Waals surface area (Å²) in [7, 11) is 4.23. The van der Waals surface area contributed by atoms with Crippen molar-refractivity contribution < 1.29 is 4.74 Å². The molecule has 2 bridgehead atoms. The SMILES string of the molecule is CCNC(=NCC(c1ccc(C)cc1)N(C)C)NC1CC2CCC1O2.I. The number of rotatable bonds is 6. The third kappa shape index (κ3) is 5.33. The molecule has 5 nitrogen and oxygen atoms in total. The van der Waals surface area contributed by atoms with Crippen LogP contribution in [0.3, 0.4) is 0 Å². The number of nitrogens with one attached hydrogen (secondary N) is 2. The maximum absolute atomic E-state index is 5.95. The van der Waals surface area contributed by atoms with Crippen LogP contribution in [0.2, 0.25) is 0 Å². The summed E-state index contributed by atoms with van der Waals surface area (Å²) < 4.78 is 5.95. The maximum Gasteiger partial charge on any atom is 0.191 e. The van der Waals surface area contributed by atoms with E-state index in [2.05, 4.69) is 67.7 Å². The summed E-state index contributed by atoms with van der Waals surface area (Å²) in [5.41, 5.74) is 2.59. The molecule has 0 aromatic heterocycles. The minimum Gasteiger partial charge on any atom is -0.373 e. The topological polar surface area (TPSA) is 48.9 Å². The van der Waals surface area contributed by atoms with Crippen LogP contribution in [-0.4, -0.2) is 56.3 Å². The van der Waals surface area contributed by atoms with E-state index >= 15 is 0 Å². The van der Waals surface area contributed by atoms with Gasteiger partial charge in [0.05, 0.1) is 30.8 Å². The molecule has 2 aliphatic rings. The van der Waals surface area contributed by atoms with E-state index in [4.69, 9.17) is 9.73 Å². The molecule has 2 heterocycles. The van der Waals surface area contributed by atoms with E-state index < -0.39 is 0 Å². The van der Waals surface area contributed by atoms with E-state index in [0.29, 0.717) is 18.2 Å². The molecule has 0 aliphatic carbocycles. The number of benzene rings is 1. The Balaban J connectivity index is 0.00000243. The molecular weight excluding hydrogens is 439 g/mol. The highest BCUT2D eigenvalue weighted by Crippen LogP contribution is 2.34. The molecule has 6 heteroatoms. The van der Waals surface area contributed by atoms with Crippen LogP contribution < -0.4 is 10.6 Å². The molecule has 2 saturated heterocycles. The zero-order valence-electron chi connectivity index (χ0n) is 16.4. The van der Waals surface area contributed by atoms with Crippen LogP contribution in [0.4, 0.5) is 0 Å². The minimum atomic E-state index is 0. The monoisotopic (exact) mass is 472 g/mol. The number of ether oxygens (including phenoxy) is 1. The minimum absolute atomic E-state index is 0. The van der Waals surface area contributed by atoms with Crippen LogP contribution in [0.15, 0.2) is 29.3 Å². The van der Waals surface area contributed by atoms with E-state index in [0.717, 1.165) is 25.5 Å². The predicted molar refractivity (Wildman–Crippen MR) is 118 cm³/mol.